The number of nitrogens with two attached hydrogens (primary N) is 4. The number of nitrogens with zero attached hydrogens (tertiary/aromatic N) is 26. The first kappa shape index (κ1) is 81.2. The lowest BCUT2D eigenvalue weighted by atomic mass is 9.63. The largest absolute Gasteiger partial charge is 0.383 e. The number of anilines is 5. The van der Waals surface area contributed by atoms with Gasteiger partial charge in [-0.25, -0.2) is 44.3 Å². The molecule has 0 bridgehead atoms. The van der Waals surface area contributed by atoms with Crippen molar-refractivity contribution >= 4 is 29.6 Å². The van der Waals surface area contributed by atoms with Crippen LogP contribution in [0.5, 0.6) is 0 Å². The Labute approximate surface area is 709 Å². The lowest BCUT2D eigenvalue weighted by molar-refractivity contribution is 0.210. The molecular formula is C87H86FN31O5. The fraction of sp³-hybridized carbons (Fsp3) is 0.287. The zero-order valence-electron chi connectivity index (χ0n) is 68.3. The summed E-state index contributed by atoms with van der Waals surface area (Å²) >= 11 is 0. The number of rotatable bonds is 24. The van der Waals surface area contributed by atoms with Crippen molar-refractivity contribution in [1.29, 1.82) is 5.26 Å². The molecule has 16 aromatic rings. The van der Waals surface area contributed by atoms with Gasteiger partial charge in [0.2, 0.25) is 23.8 Å². The molecule has 0 aliphatic heterocycles. The van der Waals surface area contributed by atoms with Crippen molar-refractivity contribution in [2.75, 3.05) is 69.2 Å². The Morgan fingerprint density at radius 3 is 1.19 bits per heavy atom. The second-order valence-electron chi connectivity index (χ2n) is 31.2. The summed E-state index contributed by atoms with van der Waals surface area (Å²) in [6.45, 7) is 3.15. The van der Waals surface area contributed by atoms with Crippen LogP contribution in [0.1, 0.15) is 123 Å². The van der Waals surface area contributed by atoms with E-state index in [-0.39, 0.29) is 52.4 Å². The summed E-state index contributed by atoms with van der Waals surface area (Å²) < 4.78 is 47.5. The van der Waals surface area contributed by atoms with Crippen molar-refractivity contribution in [2.45, 2.75) is 112 Å². The van der Waals surface area contributed by atoms with Gasteiger partial charge in [0, 0.05) is 123 Å². The van der Waals surface area contributed by atoms with E-state index >= 15 is 4.39 Å². The Morgan fingerprint density at radius 1 is 0.444 bits per heavy atom. The molecule has 0 atom stereocenters. The Bertz CT molecular complexity index is 6320. The molecule has 36 nitrogen and oxygen atoms in total. The summed E-state index contributed by atoms with van der Waals surface area (Å²) in [7, 11) is 7.56. The molecule has 12 heterocycles. The molecule has 4 aromatic carbocycles. The van der Waals surface area contributed by atoms with Crippen LogP contribution in [0, 0.1) is 17.1 Å². The lowest BCUT2D eigenvalue weighted by Crippen LogP contribution is -2.37. The topological polar surface area (TPSA) is 490 Å². The molecule has 37 heteroatoms. The first-order chi connectivity index (χ1) is 60.4. The molecular weight excluding hydrogens is 1580 g/mol. The molecule has 12 aromatic heterocycles. The molecule has 0 radical (unpaired) electrons. The Balaban J connectivity index is 0.000000117. The van der Waals surface area contributed by atoms with E-state index in [1.165, 1.54) is 16.3 Å². The molecule has 626 valence electrons. The van der Waals surface area contributed by atoms with E-state index in [0.717, 1.165) is 152 Å². The van der Waals surface area contributed by atoms with E-state index in [0.29, 0.717) is 88.0 Å². The van der Waals surface area contributed by atoms with Crippen LogP contribution < -0.4 is 28.3 Å². The molecule has 4 aliphatic rings. The highest BCUT2D eigenvalue weighted by molar-refractivity contribution is 5.67. The number of benzene rings is 4. The molecule has 0 unspecified atom stereocenters. The summed E-state index contributed by atoms with van der Waals surface area (Å²) in [5, 5.41) is 50.2. The fourth-order valence-electron chi connectivity index (χ4n) is 15.6. The summed E-state index contributed by atoms with van der Waals surface area (Å²) in [5.74, 6) is 5.60. The third kappa shape index (κ3) is 16.9. The first-order valence-electron chi connectivity index (χ1n) is 40.4. The quantitative estimate of drug-likeness (QED) is 0.0351. The Kier molecular flexibility index (Phi) is 23.1. The van der Waals surface area contributed by atoms with Gasteiger partial charge in [-0.1, -0.05) is 131 Å². The normalized spacial score (nSPS) is 14.9. The van der Waals surface area contributed by atoms with Crippen LogP contribution in [-0.4, -0.2) is 166 Å². The van der Waals surface area contributed by atoms with Crippen LogP contribution in [0.2, 0.25) is 0 Å². The van der Waals surface area contributed by atoms with Gasteiger partial charge in [-0.15, -0.1) is 10.2 Å². The smallest absolute Gasteiger partial charge is 0.278 e. The van der Waals surface area contributed by atoms with Crippen molar-refractivity contribution in [3.63, 3.8) is 0 Å². The summed E-state index contributed by atoms with van der Waals surface area (Å²) in [6.07, 6.45) is 35.8. The van der Waals surface area contributed by atoms with E-state index in [1.807, 2.05) is 50.2 Å². The zero-order chi connectivity index (χ0) is 85.4. The van der Waals surface area contributed by atoms with Crippen LogP contribution in [0.4, 0.5) is 34.0 Å². The Morgan fingerprint density at radius 2 is 0.823 bits per heavy atom. The number of aryl methyl sites for hydroxylation is 1. The molecule has 0 amide bonds. The van der Waals surface area contributed by atoms with E-state index < -0.39 is 5.41 Å². The third-order valence-electron chi connectivity index (χ3n) is 23.3. The molecule has 0 spiro atoms. The van der Waals surface area contributed by atoms with Crippen LogP contribution in [0.25, 0.3) is 90.5 Å². The van der Waals surface area contributed by atoms with Crippen molar-refractivity contribution in [3.05, 3.63) is 241 Å². The van der Waals surface area contributed by atoms with Crippen molar-refractivity contribution in [2.24, 2.45) is 7.05 Å². The number of hydrogen-bond acceptors (Lipinski definition) is 33. The fourth-order valence-corrected chi connectivity index (χ4v) is 15.6. The molecule has 4 aliphatic carbocycles. The standard InChI is InChI=1S/C23H24N8O2.C23H26N8O.C21H18N8O.C20H18FN7O/c1-32-12-11-25-19-8-7-18(29-30-19)20-28-21(31-33-20)23(9-2-10-23)17-5-3-15(4-6-17)16-13-26-22(24)27-14-16;1-30(2)10-11-31-15-18(14-27-31)20-28-21(29-32-20)23(8-3-9-23)19-6-4-16(5-7-19)17-12-25-22(24)26-13-17;22-8-9-29-13-16(12-26-29)18-27-19(28-30-18)21(6-1-7-21)17-4-2-14(3-5-17)15-10-24-20(23)25-11-15;1-28-11-14(10-25-28)17-26-18(27-29-17)20(5-2-6-20)15-4-3-12(7-16(15)21)13-8-23-19(22)24-9-13/h3-8,13-14H,2,9-12H2,1H3,(H,25,30)(H2,24,26,27);4-7,12-15H,3,8-11H2,1-2H3,(H2,24,25,26);2-5,10-13H,1,6-7,9H2,(H2,23,24,25);3-4,7-11H,2,5-6H2,1H3,(H2,22,23,24). The number of aromatic nitrogens is 24. The van der Waals surface area contributed by atoms with Gasteiger partial charge < -0.3 is 56.0 Å². The number of methoxy groups -OCH3 is 1. The maximum Gasteiger partial charge on any atom is 0.278 e. The highest BCUT2D eigenvalue weighted by Gasteiger charge is 2.49. The molecule has 0 saturated heterocycles. The minimum atomic E-state index is -0.579. The van der Waals surface area contributed by atoms with E-state index in [9.17, 15) is 0 Å². The predicted molar refractivity (Wildman–Crippen MR) is 453 cm³/mol. The average Bonchev–Trinajstić information content (AvgIpc) is 1.33. The summed E-state index contributed by atoms with van der Waals surface area (Å²) in [4.78, 5) is 53.2. The SMILES string of the molecule is CN(C)CCn1cc(-c2nc(C3(c4ccc(-c5cnc(N)nc5)cc4)CCC3)no2)cn1.COCCNc1ccc(-c2nc(C3(c4ccc(-c5cnc(N)nc5)cc4)CCC3)no2)nn1.Cn1cc(-c2nc(C3(c4ccc(-c5cnc(N)nc5)cc4F)CCC3)no2)cn1.N#CCn1cc(-c2nc(C3(c4ccc(-c5cnc(N)nc5)cc4)CCC3)no2)cn1. The van der Waals surface area contributed by atoms with Gasteiger partial charge in [0.25, 0.3) is 23.6 Å². The molecule has 124 heavy (non-hydrogen) atoms. The van der Waals surface area contributed by atoms with Gasteiger partial charge in [-0.2, -0.15) is 40.5 Å². The van der Waals surface area contributed by atoms with Crippen LogP contribution in [-0.2, 0) is 46.5 Å². The second kappa shape index (κ2) is 35.2. The molecule has 20 rings (SSSR count). The monoisotopic (exact) mass is 1660 g/mol. The summed E-state index contributed by atoms with van der Waals surface area (Å²) in [5.41, 5.74) is 35.1. The second-order valence-corrected chi connectivity index (χ2v) is 31.2. The van der Waals surface area contributed by atoms with Gasteiger partial charge in [-0.05, 0) is 123 Å². The van der Waals surface area contributed by atoms with E-state index in [2.05, 4.69) is 185 Å². The average molecular weight is 1660 g/mol. The maximum atomic E-state index is 15.2. The maximum absolute atomic E-state index is 15.2. The number of ether oxygens (including phenoxy) is 1. The zero-order valence-corrected chi connectivity index (χ0v) is 68.3. The minimum absolute atomic E-state index is 0.177. The number of hydrogen-bond donors (Lipinski definition) is 5. The van der Waals surface area contributed by atoms with Gasteiger partial charge in [0.05, 0.1) is 76.2 Å². The Hall–Kier alpha value is -15.2. The van der Waals surface area contributed by atoms with Crippen molar-refractivity contribution in [3.8, 4) is 96.5 Å². The van der Waals surface area contributed by atoms with Gasteiger partial charge in [0.15, 0.2) is 29.0 Å². The number of likely N-dealkylation sites (N-methyl/N-ethyl adjacent to an activating group) is 1. The van der Waals surface area contributed by atoms with Crippen molar-refractivity contribution < 1.29 is 27.2 Å². The van der Waals surface area contributed by atoms with Crippen LogP contribution >= 0.6 is 0 Å². The predicted octanol–water partition coefficient (Wildman–Crippen LogP) is 12.2. The number of nitrogen functional groups attached to an aromatic ring is 4. The van der Waals surface area contributed by atoms with Gasteiger partial charge >= 0.3 is 0 Å². The van der Waals surface area contributed by atoms with Crippen LogP contribution in [0.15, 0.2) is 208 Å². The van der Waals surface area contributed by atoms with Crippen molar-refractivity contribution in [1.82, 2.24) is 125 Å². The first-order valence-corrected chi connectivity index (χ1v) is 40.4. The summed E-state index contributed by atoms with van der Waals surface area (Å²) in [6, 6.07) is 36.0. The number of nitrogens with one attached hydrogen (secondary N) is 1. The number of halogens is 1. The lowest BCUT2D eigenvalue weighted by Gasteiger charge is -2.39. The van der Waals surface area contributed by atoms with E-state index in [1.54, 1.807) is 98.4 Å². The molecule has 4 fully saturated rings. The van der Waals surface area contributed by atoms with Gasteiger partial charge in [0.1, 0.15) is 18.2 Å². The van der Waals surface area contributed by atoms with Gasteiger partial charge in [-0.3, -0.25) is 14.0 Å². The highest BCUT2D eigenvalue weighted by atomic mass is 19.1. The highest BCUT2D eigenvalue weighted by Crippen LogP contribution is 2.53. The third-order valence-corrected chi connectivity index (χ3v) is 23.3. The van der Waals surface area contributed by atoms with Crippen LogP contribution in [0.3, 0.4) is 0 Å². The molecule has 4 saturated carbocycles. The van der Waals surface area contributed by atoms with E-state index in [4.69, 9.17) is 61.0 Å². The minimum Gasteiger partial charge on any atom is -0.383 e. The number of nitriles is 1. The molecule has 9 N–H and O–H groups in total.